The van der Waals surface area contributed by atoms with E-state index in [-0.39, 0.29) is 11.8 Å². The Hall–Kier alpha value is -1.95. The molecular weight excluding hydrogens is 290 g/mol. The second kappa shape index (κ2) is 6.22. The summed E-state index contributed by atoms with van der Waals surface area (Å²) in [7, 11) is 0. The molecule has 1 aliphatic carbocycles. The Morgan fingerprint density at radius 1 is 1.29 bits per heavy atom. The van der Waals surface area contributed by atoms with Crippen LogP contribution in [0.3, 0.4) is 0 Å². The Bertz CT molecular complexity index is 622. The lowest BCUT2D eigenvalue weighted by molar-refractivity contribution is -0.120. The minimum atomic E-state index is 0.0467. The average Bonchev–Trinajstić information content (AvgIpc) is 3.04. The van der Waals surface area contributed by atoms with Crippen LogP contribution in [-0.2, 0) is 4.79 Å². The third-order valence-corrected chi connectivity index (χ3v) is 4.13. The van der Waals surface area contributed by atoms with E-state index in [1.54, 1.807) is 18.2 Å². The van der Waals surface area contributed by atoms with Gasteiger partial charge in [0.25, 0.3) is 0 Å². The molecule has 1 heterocycles. The summed E-state index contributed by atoms with van der Waals surface area (Å²) in [5.74, 6) is 0.136. The molecule has 1 saturated carbocycles. The van der Waals surface area contributed by atoms with Gasteiger partial charge in [-0.25, -0.2) is 4.68 Å². The van der Waals surface area contributed by atoms with Crippen molar-refractivity contribution in [3.8, 4) is 5.69 Å². The Morgan fingerprint density at radius 2 is 2.10 bits per heavy atom. The molecule has 6 nitrogen and oxygen atoms in total. The van der Waals surface area contributed by atoms with Crippen LogP contribution in [0, 0.1) is 5.92 Å². The summed E-state index contributed by atoms with van der Waals surface area (Å²) < 4.78 is 1.52. The number of anilines is 1. The summed E-state index contributed by atoms with van der Waals surface area (Å²) in [5.41, 5.74) is 1.35. The highest BCUT2D eigenvalue weighted by Gasteiger charge is 2.21. The lowest BCUT2D eigenvalue weighted by Crippen LogP contribution is -2.24. The summed E-state index contributed by atoms with van der Waals surface area (Å²) in [6.07, 6.45) is 6.87. The van der Waals surface area contributed by atoms with Crippen LogP contribution >= 0.6 is 11.6 Å². The van der Waals surface area contributed by atoms with E-state index in [9.17, 15) is 4.79 Å². The van der Waals surface area contributed by atoms with E-state index in [4.69, 9.17) is 11.6 Å². The zero-order chi connectivity index (χ0) is 14.7. The van der Waals surface area contributed by atoms with Crippen molar-refractivity contribution < 1.29 is 4.79 Å². The van der Waals surface area contributed by atoms with E-state index in [0.29, 0.717) is 10.7 Å². The zero-order valence-electron chi connectivity index (χ0n) is 11.5. The number of aromatic nitrogens is 4. The quantitative estimate of drug-likeness (QED) is 0.946. The molecule has 0 saturated heterocycles. The molecule has 7 heteroatoms. The first kappa shape index (κ1) is 14.0. The van der Waals surface area contributed by atoms with Gasteiger partial charge in [0, 0.05) is 5.92 Å². The van der Waals surface area contributed by atoms with Gasteiger partial charge in [0.2, 0.25) is 5.91 Å². The van der Waals surface area contributed by atoms with E-state index >= 15 is 0 Å². The van der Waals surface area contributed by atoms with E-state index < -0.39 is 0 Å². The molecule has 2 aromatic rings. The third-order valence-electron chi connectivity index (χ3n) is 3.80. The largest absolute Gasteiger partial charge is 0.324 e. The molecule has 1 fully saturated rings. The van der Waals surface area contributed by atoms with Crippen LogP contribution in [0.2, 0.25) is 5.02 Å². The van der Waals surface area contributed by atoms with Crippen molar-refractivity contribution in [2.75, 3.05) is 5.32 Å². The Kier molecular flexibility index (Phi) is 4.15. The highest BCUT2D eigenvalue weighted by atomic mass is 35.5. The molecule has 0 radical (unpaired) electrons. The van der Waals surface area contributed by atoms with Crippen LogP contribution in [0.1, 0.15) is 32.1 Å². The van der Waals surface area contributed by atoms with Gasteiger partial charge in [0.15, 0.2) is 0 Å². The van der Waals surface area contributed by atoms with Crippen molar-refractivity contribution in [3.63, 3.8) is 0 Å². The topological polar surface area (TPSA) is 72.7 Å². The first-order valence-corrected chi connectivity index (χ1v) is 7.45. The van der Waals surface area contributed by atoms with E-state index in [1.807, 2.05) is 0 Å². The number of benzene rings is 1. The second-order valence-corrected chi connectivity index (χ2v) is 5.65. The molecule has 1 amide bonds. The Balaban J connectivity index is 1.78. The highest BCUT2D eigenvalue weighted by molar-refractivity contribution is 6.33. The van der Waals surface area contributed by atoms with E-state index in [2.05, 4.69) is 20.8 Å². The summed E-state index contributed by atoms with van der Waals surface area (Å²) in [4.78, 5) is 12.3. The average molecular weight is 306 g/mol. The van der Waals surface area contributed by atoms with Crippen molar-refractivity contribution >= 4 is 23.2 Å². The van der Waals surface area contributed by atoms with Gasteiger partial charge in [0.05, 0.1) is 16.4 Å². The number of nitrogens with one attached hydrogen (secondary N) is 1. The minimum Gasteiger partial charge on any atom is -0.324 e. The van der Waals surface area contributed by atoms with Crippen LogP contribution in [0.15, 0.2) is 24.5 Å². The SMILES string of the molecule is O=C(Nc1cc(-n2cnnn2)ccc1Cl)C1CCCCC1. The first-order chi connectivity index (χ1) is 10.2. The van der Waals surface area contributed by atoms with Gasteiger partial charge < -0.3 is 5.32 Å². The van der Waals surface area contributed by atoms with Crippen molar-refractivity contribution in [1.29, 1.82) is 0 Å². The maximum absolute atomic E-state index is 12.3. The van der Waals surface area contributed by atoms with Gasteiger partial charge in [-0.15, -0.1) is 5.10 Å². The number of rotatable bonds is 3. The number of amides is 1. The fourth-order valence-electron chi connectivity index (χ4n) is 2.63. The summed E-state index contributed by atoms with van der Waals surface area (Å²) >= 11 is 6.16. The maximum atomic E-state index is 12.3. The molecule has 0 bridgehead atoms. The Morgan fingerprint density at radius 3 is 2.81 bits per heavy atom. The van der Waals surface area contributed by atoms with Crippen LogP contribution in [0.25, 0.3) is 5.69 Å². The fourth-order valence-corrected chi connectivity index (χ4v) is 2.80. The van der Waals surface area contributed by atoms with E-state index in [0.717, 1.165) is 31.4 Å². The van der Waals surface area contributed by atoms with Gasteiger partial charge in [-0.2, -0.15) is 0 Å². The number of carbonyl (C=O) groups excluding carboxylic acids is 1. The number of halogens is 1. The highest BCUT2D eigenvalue weighted by Crippen LogP contribution is 2.28. The van der Waals surface area contributed by atoms with Crippen LogP contribution in [-0.4, -0.2) is 26.1 Å². The number of tetrazole rings is 1. The molecule has 1 aliphatic rings. The fraction of sp³-hybridized carbons (Fsp3) is 0.429. The standard InChI is InChI=1S/C14H16ClN5O/c15-12-7-6-11(20-9-16-18-19-20)8-13(12)17-14(21)10-4-2-1-3-5-10/h6-10H,1-5H2,(H,17,21). The van der Waals surface area contributed by atoms with Crippen LogP contribution < -0.4 is 5.32 Å². The molecule has 1 N–H and O–H groups in total. The van der Waals surface area contributed by atoms with Crippen LogP contribution in [0.5, 0.6) is 0 Å². The molecule has 3 rings (SSSR count). The number of hydrogen-bond acceptors (Lipinski definition) is 4. The van der Waals surface area contributed by atoms with Gasteiger partial charge >= 0.3 is 0 Å². The lowest BCUT2D eigenvalue weighted by Gasteiger charge is -2.21. The van der Waals surface area contributed by atoms with Crippen molar-refractivity contribution in [1.82, 2.24) is 20.2 Å². The van der Waals surface area contributed by atoms with Crippen LogP contribution in [0.4, 0.5) is 5.69 Å². The van der Waals surface area contributed by atoms with Crippen molar-refractivity contribution in [2.24, 2.45) is 5.92 Å². The number of nitrogens with zero attached hydrogens (tertiary/aromatic N) is 4. The molecule has 0 unspecified atom stereocenters. The molecule has 1 aromatic heterocycles. The maximum Gasteiger partial charge on any atom is 0.227 e. The van der Waals surface area contributed by atoms with Gasteiger partial charge in [-0.3, -0.25) is 4.79 Å². The monoisotopic (exact) mass is 305 g/mol. The van der Waals surface area contributed by atoms with E-state index in [1.165, 1.54) is 17.4 Å². The second-order valence-electron chi connectivity index (χ2n) is 5.24. The predicted octanol–water partition coefficient (Wildman–Crippen LogP) is 2.83. The first-order valence-electron chi connectivity index (χ1n) is 7.08. The lowest BCUT2D eigenvalue weighted by atomic mass is 9.88. The van der Waals surface area contributed by atoms with Gasteiger partial charge in [-0.1, -0.05) is 30.9 Å². The molecule has 0 spiro atoms. The summed E-state index contributed by atoms with van der Waals surface area (Å²) in [5, 5.41) is 14.5. The molecule has 110 valence electrons. The molecular formula is C14H16ClN5O. The van der Waals surface area contributed by atoms with Gasteiger partial charge in [0.1, 0.15) is 6.33 Å². The molecule has 0 atom stereocenters. The summed E-state index contributed by atoms with van der Waals surface area (Å²) in [6, 6.07) is 5.31. The predicted molar refractivity (Wildman–Crippen MR) is 79.4 cm³/mol. The molecule has 1 aromatic carbocycles. The summed E-state index contributed by atoms with van der Waals surface area (Å²) in [6.45, 7) is 0. The third kappa shape index (κ3) is 3.21. The molecule has 0 aliphatic heterocycles. The smallest absolute Gasteiger partial charge is 0.227 e. The van der Waals surface area contributed by atoms with Gasteiger partial charge in [-0.05, 0) is 41.5 Å². The van der Waals surface area contributed by atoms with Crippen molar-refractivity contribution in [2.45, 2.75) is 32.1 Å². The Labute approximate surface area is 127 Å². The zero-order valence-corrected chi connectivity index (χ0v) is 12.3. The van der Waals surface area contributed by atoms with Crippen molar-refractivity contribution in [3.05, 3.63) is 29.5 Å². The normalized spacial score (nSPS) is 15.9. The number of hydrogen-bond donors (Lipinski definition) is 1. The minimum absolute atomic E-state index is 0.0467. The molecule has 21 heavy (non-hydrogen) atoms. The number of carbonyl (C=O) groups is 1.